The summed E-state index contributed by atoms with van der Waals surface area (Å²) in [5.74, 6) is 0. The van der Waals surface area contributed by atoms with E-state index in [4.69, 9.17) is 5.73 Å². The molecule has 3 nitrogen and oxygen atoms in total. The molecule has 0 bridgehead atoms. The number of fused-ring (bicyclic) bond motifs is 1. The Bertz CT molecular complexity index is 234. The predicted molar refractivity (Wildman–Crippen MR) is 45.4 cm³/mol. The summed E-state index contributed by atoms with van der Waals surface area (Å²) in [5, 5.41) is 6.37. The molecule has 1 aliphatic rings. The van der Waals surface area contributed by atoms with Crippen LogP contribution in [0, 0.1) is 0 Å². The van der Waals surface area contributed by atoms with E-state index >= 15 is 0 Å². The predicted octanol–water partition coefficient (Wildman–Crippen LogP) is 1.13. The number of nitrogens with one attached hydrogen (secondary N) is 3. The van der Waals surface area contributed by atoms with Gasteiger partial charge < -0.3 is 10.6 Å². The van der Waals surface area contributed by atoms with Gasteiger partial charge in [-0.2, -0.15) is 0 Å². The first-order valence-electron chi connectivity index (χ1n) is 3.67. The molecule has 0 aliphatic carbocycles. The molecule has 0 saturated carbocycles. The maximum absolute atomic E-state index is 7.15. The average molecular weight is 148 g/mol. The molecule has 1 heterocycles. The minimum atomic E-state index is 0.0902. The summed E-state index contributed by atoms with van der Waals surface area (Å²) in [6.45, 7) is 0.356. The summed E-state index contributed by atoms with van der Waals surface area (Å²) < 4.78 is 0. The number of anilines is 2. The highest BCUT2D eigenvalue weighted by atomic mass is 15.2. The number of benzene rings is 1. The van der Waals surface area contributed by atoms with Gasteiger partial charge in [0.1, 0.15) is 6.17 Å². The van der Waals surface area contributed by atoms with Gasteiger partial charge in [-0.05, 0) is 12.1 Å². The number of hydrogen-bond acceptors (Lipinski definition) is 2. The summed E-state index contributed by atoms with van der Waals surface area (Å²) in [5.41, 5.74) is 9.35. The van der Waals surface area contributed by atoms with Gasteiger partial charge in [-0.25, -0.2) is 0 Å². The van der Waals surface area contributed by atoms with E-state index in [9.17, 15) is 0 Å². The maximum atomic E-state index is 7.15. The largest absolute Gasteiger partial charge is 0.363 e. The van der Waals surface area contributed by atoms with Gasteiger partial charge in [-0.1, -0.05) is 12.1 Å². The molecule has 3 N–H and O–H groups in total. The van der Waals surface area contributed by atoms with E-state index in [0.29, 0.717) is 6.54 Å². The third kappa shape index (κ3) is 1.03. The van der Waals surface area contributed by atoms with Gasteiger partial charge >= 0.3 is 0 Å². The van der Waals surface area contributed by atoms with Crippen LogP contribution in [-0.4, -0.2) is 12.7 Å². The fourth-order valence-corrected chi connectivity index (χ4v) is 1.25. The van der Waals surface area contributed by atoms with Crippen molar-refractivity contribution in [2.45, 2.75) is 6.17 Å². The Morgan fingerprint density at radius 2 is 1.73 bits per heavy atom. The molecule has 2 rings (SSSR count). The van der Waals surface area contributed by atoms with Crippen molar-refractivity contribution in [3.05, 3.63) is 24.3 Å². The minimum absolute atomic E-state index is 0.0902. The SMILES string of the molecule is [NH]CC1Nc2ccccc2N1. The van der Waals surface area contributed by atoms with E-state index in [1.54, 1.807) is 0 Å². The van der Waals surface area contributed by atoms with Crippen LogP contribution < -0.4 is 16.4 Å². The first-order valence-corrected chi connectivity index (χ1v) is 3.67. The Morgan fingerprint density at radius 1 is 1.18 bits per heavy atom. The molecule has 0 atom stereocenters. The van der Waals surface area contributed by atoms with Crippen LogP contribution >= 0.6 is 0 Å². The molecule has 0 amide bonds. The fraction of sp³-hybridized carbons (Fsp3) is 0.250. The van der Waals surface area contributed by atoms with Gasteiger partial charge in [-0.15, -0.1) is 0 Å². The lowest BCUT2D eigenvalue weighted by Crippen LogP contribution is -2.26. The van der Waals surface area contributed by atoms with Crippen LogP contribution in [0.1, 0.15) is 0 Å². The summed E-state index contributed by atoms with van der Waals surface area (Å²) in [4.78, 5) is 0. The lowest BCUT2D eigenvalue weighted by molar-refractivity contribution is 0.826. The summed E-state index contributed by atoms with van der Waals surface area (Å²) in [7, 11) is 0. The molecule has 3 heteroatoms. The van der Waals surface area contributed by atoms with E-state index in [2.05, 4.69) is 10.6 Å². The Labute approximate surface area is 65.6 Å². The molecular weight excluding hydrogens is 138 g/mol. The third-order valence-electron chi connectivity index (χ3n) is 1.79. The van der Waals surface area contributed by atoms with Gasteiger partial charge in [-0.3, -0.25) is 5.73 Å². The standard InChI is InChI=1S/C8H10N3/c9-5-8-10-6-3-1-2-4-7(6)11-8/h1-4,8-11H,5H2. The van der Waals surface area contributed by atoms with Crippen LogP contribution in [0.4, 0.5) is 11.4 Å². The summed E-state index contributed by atoms with van der Waals surface area (Å²) >= 11 is 0. The Hall–Kier alpha value is -1.22. The average Bonchev–Trinajstić information content (AvgIpc) is 2.46. The lowest BCUT2D eigenvalue weighted by atomic mass is 10.3. The highest BCUT2D eigenvalue weighted by Gasteiger charge is 2.16. The quantitative estimate of drug-likeness (QED) is 0.627. The molecule has 1 aromatic carbocycles. The monoisotopic (exact) mass is 148 g/mol. The van der Waals surface area contributed by atoms with Gasteiger partial charge in [0, 0.05) is 6.54 Å². The van der Waals surface area contributed by atoms with Gasteiger partial charge in [0.05, 0.1) is 11.4 Å². The molecule has 0 aromatic heterocycles. The Morgan fingerprint density at radius 3 is 2.18 bits per heavy atom. The molecule has 11 heavy (non-hydrogen) atoms. The first kappa shape index (κ1) is 6.49. The molecule has 0 unspecified atom stereocenters. The van der Waals surface area contributed by atoms with Crippen molar-refractivity contribution in [1.82, 2.24) is 5.73 Å². The second kappa shape index (κ2) is 2.43. The van der Waals surface area contributed by atoms with Crippen LogP contribution in [-0.2, 0) is 0 Å². The van der Waals surface area contributed by atoms with Crippen molar-refractivity contribution in [3.63, 3.8) is 0 Å². The molecule has 1 radical (unpaired) electrons. The topological polar surface area (TPSA) is 47.9 Å². The molecule has 0 fully saturated rings. The van der Waals surface area contributed by atoms with Crippen molar-refractivity contribution in [3.8, 4) is 0 Å². The lowest BCUT2D eigenvalue weighted by Gasteiger charge is -2.06. The zero-order valence-corrected chi connectivity index (χ0v) is 6.09. The molecule has 1 aliphatic heterocycles. The van der Waals surface area contributed by atoms with Crippen LogP contribution in [0.15, 0.2) is 24.3 Å². The van der Waals surface area contributed by atoms with E-state index < -0.39 is 0 Å². The normalized spacial score (nSPS) is 15.4. The summed E-state index contributed by atoms with van der Waals surface area (Å²) in [6.07, 6.45) is 0.0902. The van der Waals surface area contributed by atoms with Gasteiger partial charge in [0.25, 0.3) is 0 Å². The number of rotatable bonds is 1. The molecular formula is C8H10N3. The second-order valence-corrected chi connectivity index (χ2v) is 2.59. The number of hydrogen-bond donors (Lipinski definition) is 2. The minimum Gasteiger partial charge on any atom is -0.363 e. The van der Waals surface area contributed by atoms with E-state index in [-0.39, 0.29) is 6.17 Å². The first-order chi connectivity index (χ1) is 5.40. The fourth-order valence-electron chi connectivity index (χ4n) is 1.25. The zero-order valence-electron chi connectivity index (χ0n) is 6.09. The molecule has 57 valence electrons. The molecule has 1 aromatic rings. The van der Waals surface area contributed by atoms with Gasteiger partial charge in [0.15, 0.2) is 0 Å². The van der Waals surface area contributed by atoms with Gasteiger partial charge in [0.2, 0.25) is 0 Å². The van der Waals surface area contributed by atoms with Crippen molar-refractivity contribution in [2.75, 3.05) is 17.2 Å². The smallest absolute Gasteiger partial charge is 0.111 e. The maximum Gasteiger partial charge on any atom is 0.111 e. The molecule has 0 spiro atoms. The third-order valence-corrected chi connectivity index (χ3v) is 1.79. The highest BCUT2D eigenvalue weighted by Crippen LogP contribution is 2.27. The summed E-state index contributed by atoms with van der Waals surface area (Å²) in [6, 6.07) is 8.00. The second-order valence-electron chi connectivity index (χ2n) is 2.59. The van der Waals surface area contributed by atoms with Crippen molar-refractivity contribution in [1.29, 1.82) is 0 Å². The number of para-hydroxylation sites is 2. The molecule has 0 saturated heterocycles. The zero-order chi connectivity index (χ0) is 7.68. The van der Waals surface area contributed by atoms with Crippen LogP contribution in [0.2, 0.25) is 0 Å². The Balaban J connectivity index is 2.27. The van der Waals surface area contributed by atoms with Crippen molar-refractivity contribution in [2.24, 2.45) is 0 Å². The Kier molecular flexibility index (Phi) is 1.43. The van der Waals surface area contributed by atoms with Crippen LogP contribution in [0.3, 0.4) is 0 Å². The van der Waals surface area contributed by atoms with E-state index in [1.165, 1.54) is 0 Å². The van der Waals surface area contributed by atoms with Crippen LogP contribution in [0.5, 0.6) is 0 Å². The highest BCUT2D eigenvalue weighted by molar-refractivity contribution is 5.74. The van der Waals surface area contributed by atoms with Crippen molar-refractivity contribution >= 4 is 11.4 Å². The van der Waals surface area contributed by atoms with Crippen LogP contribution in [0.25, 0.3) is 0 Å². The van der Waals surface area contributed by atoms with E-state index in [1.807, 2.05) is 24.3 Å². The van der Waals surface area contributed by atoms with Crippen molar-refractivity contribution < 1.29 is 0 Å². The van der Waals surface area contributed by atoms with E-state index in [0.717, 1.165) is 11.4 Å².